The van der Waals surface area contributed by atoms with Crippen LogP contribution >= 0.6 is 0 Å². The average molecular weight is 525 g/mol. The summed E-state index contributed by atoms with van der Waals surface area (Å²) in [5.41, 5.74) is 9.17. The molecule has 1 saturated carbocycles. The Labute approximate surface area is 236 Å². The second-order valence-electron chi connectivity index (χ2n) is 11.2. The number of benzene rings is 5. The normalized spacial score (nSPS) is 15.2. The van der Waals surface area contributed by atoms with Crippen molar-refractivity contribution in [2.24, 2.45) is 0 Å². The molecule has 1 aliphatic heterocycles. The van der Waals surface area contributed by atoms with E-state index < -0.39 is 5.54 Å². The van der Waals surface area contributed by atoms with Crippen LogP contribution in [0, 0.1) is 12.7 Å². The summed E-state index contributed by atoms with van der Waals surface area (Å²) in [4.78, 5) is 2.45. The highest BCUT2D eigenvalue weighted by molar-refractivity contribution is 5.75. The average Bonchev–Trinajstić information content (AvgIpc) is 3.71. The first-order valence-corrected chi connectivity index (χ1v) is 14.2. The van der Waals surface area contributed by atoms with Crippen molar-refractivity contribution in [2.75, 3.05) is 5.32 Å². The summed E-state index contributed by atoms with van der Waals surface area (Å²) in [7, 11) is 0. The molecule has 0 radical (unpaired) electrons. The van der Waals surface area contributed by atoms with E-state index in [9.17, 15) is 0 Å². The van der Waals surface area contributed by atoms with E-state index in [1.807, 2.05) is 0 Å². The lowest BCUT2D eigenvalue weighted by Gasteiger charge is -2.43. The lowest BCUT2D eigenvalue weighted by Crippen LogP contribution is -2.45. The first kappa shape index (κ1) is 24.8. The number of nitrogens with zero attached hydrogens (tertiary/aromatic N) is 1. The zero-order valence-electron chi connectivity index (χ0n) is 22.8. The minimum Gasteiger partial charge on any atom is -0.382 e. The molecule has 0 bridgehead atoms. The standard InChI is InChI=1S/C37H33FN2/c1-26-33(18-11-19-36(26)39-32-20-21-32)27-22-28-24-40(25-34(28)35(38)23-27)37(29-12-5-2-6-13-29,30-14-7-3-8-15-30)31-16-9-4-10-17-31/h2-19,22-23,32,39H,20-21,24-25H2,1H3. The number of anilines is 1. The van der Waals surface area contributed by atoms with Gasteiger partial charge in [-0.05, 0) is 76.9 Å². The van der Waals surface area contributed by atoms with Crippen LogP contribution in [0.15, 0.2) is 121 Å². The van der Waals surface area contributed by atoms with Gasteiger partial charge < -0.3 is 5.32 Å². The molecule has 1 N–H and O–H groups in total. The van der Waals surface area contributed by atoms with Crippen molar-refractivity contribution in [1.82, 2.24) is 4.90 Å². The highest BCUT2D eigenvalue weighted by Crippen LogP contribution is 2.47. The molecule has 0 atom stereocenters. The molecule has 0 amide bonds. The molecular formula is C37H33FN2. The van der Waals surface area contributed by atoms with Crippen molar-refractivity contribution < 1.29 is 4.39 Å². The van der Waals surface area contributed by atoms with Crippen LogP contribution in [0.25, 0.3) is 11.1 Å². The molecule has 5 aromatic carbocycles. The number of hydrogen-bond donors (Lipinski definition) is 1. The zero-order valence-corrected chi connectivity index (χ0v) is 22.8. The van der Waals surface area contributed by atoms with Gasteiger partial charge in [0.05, 0.1) is 5.54 Å². The molecule has 2 nitrogen and oxygen atoms in total. The van der Waals surface area contributed by atoms with Crippen LogP contribution in [0.2, 0.25) is 0 Å². The fourth-order valence-corrected chi connectivity index (χ4v) is 6.49. The summed E-state index contributed by atoms with van der Waals surface area (Å²) in [5.74, 6) is -0.127. The van der Waals surface area contributed by atoms with Crippen LogP contribution in [-0.4, -0.2) is 10.9 Å². The van der Waals surface area contributed by atoms with Crippen LogP contribution in [0.3, 0.4) is 0 Å². The van der Waals surface area contributed by atoms with Gasteiger partial charge in [-0.1, -0.05) is 103 Å². The van der Waals surface area contributed by atoms with Gasteiger partial charge in [0.1, 0.15) is 5.82 Å². The molecule has 40 heavy (non-hydrogen) atoms. The number of hydrogen-bond acceptors (Lipinski definition) is 2. The number of nitrogens with one attached hydrogen (secondary N) is 1. The van der Waals surface area contributed by atoms with Crippen molar-refractivity contribution in [2.45, 2.75) is 44.4 Å². The molecule has 3 heteroatoms. The molecule has 0 aromatic heterocycles. The molecule has 1 fully saturated rings. The van der Waals surface area contributed by atoms with E-state index in [-0.39, 0.29) is 5.82 Å². The smallest absolute Gasteiger partial charge is 0.128 e. The molecule has 0 saturated heterocycles. The Balaban J connectivity index is 1.36. The summed E-state index contributed by atoms with van der Waals surface area (Å²) in [6.45, 7) is 3.32. The van der Waals surface area contributed by atoms with Gasteiger partial charge in [-0.25, -0.2) is 4.39 Å². The second-order valence-corrected chi connectivity index (χ2v) is 11.2. The van der Waals surface area contributed by atoms with E-state index in [1.54, 1.807) is 6.07 Å². The second kappa shape index (κ2) is 10.1. The molecular weight excluding hydrogens is 491 g/mol. The van der Waals surface area contributed by atoms with E-state index in [4.69, 9.17) is 0 Å². The number of rotatable bonds is 7. The van der Waals surface area contributed by atoms with Gasteiger partial charge in [0, 0.05) is 30.4 Å². The fraction of sp³-hybridized carbons (Fsp3) is 0.189. The molecule has 1 aliphatic carbocycles. The molecule has 5 aromatic rings. The monoisotopic (exact) mass is 524 g/mol. The van der Waals surface area contributed by atoms with E-state index in [0.717, 1.165) is 27.9 Å². The minimum absolute atomic E-state index is 0.127. The summed E-state index contributed by atoms with van der Waals surface area (Å²) in [6.07, 6.45) is 2.44. The third-order valence-corrected chi connectivity index (χ3v) is 8.63. The van der Waals surface area contributed by atoms with Gasteiger partial charge in [-0.3, -0.25) is 4.90 Å². The Morgan fingerprint density at radius 1 is 0.700 bits per heavy atom. The van der Waals surface area contributed by atoms with Gasteiger partial charge in [-0.15, -0.1) is 0 Å². The highest BCUT2D eigenvalue weighted by atomic mass is 19.1. The third kappa shape index (κ3) is 4.22. The van der Waals surface area contributed by atoms with Crippen molar-refractivity contribution >= 4 is 5.69 Å². The van der Waals surface area contributed by atoms with Crippen LogP contribution in [0.5, 0.6) is 0 Å². The molecule has 1 heterocycles. The maximum absolute atomic E-state index is 16.0. The van der Waals surface area contributed by atoms with Crippen LogP contribution < -0.4 is 5.32 Å². The van der Waals surface area contributed by atoms with Gasteiger partial charge >= 0.3 is 0 Å². The first-order chi connectivity index (χ1) is 19.6. The molecule has 2 aliphatic rings. The molecule has 0 spiro atoms. The summed E-state index contributed by atoms with van der Waals surface area (Å²) >= 11 is 0. The van der Waals surface area contributed by atoms with Crippen molar-refractivity contribution in [3.05, 3.63) is 161 Å². The van der Waals surface area contributed by atoms with E-state index in [2.05, 4.69) is 132 Å². The van der Waals surface area contributed by atoms with Gasteiger partial charge in [-0.2, -0.15) is 0 Å². The maximum Gasteiger partial charge on any atom is 0.128 e. The number of fused-ring (bicyclic) bond motifs is 1. The van der Waals surface area contributed by atoms with E-state index in [1.165, 1.54) is 35.1 Å². The predicted molar refractivity (Wildman–Crippen MR) is 162 cm³/mol. The molecule has 7 rings (SSSR count). The lowest BCUT2D eigenvalue weighted by atomic mass is 9.75. The van der Waals surface area contributed by atoms with Gasteiger partial charge in [0.15, 0.2) is 0 Å². The Morgan fingerprint density at radius 2 is 1.27 bits per heavy atom. The fourth-order valence-electron chi connectivity index (χ4n) is 6.49. The van der Waals surface area contributed by atoms with Crippen molar-refractivity contribution in [1.29, 1.82) is 0 Å². The Kier molecular flexibility index (Phi) is 6.25. The van der Waals surface area contributed by atoms with Gasteiger partial charge in [0.2, 0.25) is 0 Å². The number of halogens is 1. The van der Waals surface area contributed by atoms with Gasteiger partial charge in [0.25, 0.3) is 0 Å². The maximum atomic E-state index is 16.0. The Bertz CT molecular complexity index is 1550. The van der Waals surface area contributed by atoms with Crippen molar-refractivity contribution in [3.8, 4) is 11.1 Å². The molecule has 0 unspecified atom stereocenters. The van der Waals surface area contributed by atoms with Crippen LogP contribution in [0.1, 0.15) is 46.2 Å². The van der Waals surface area contributed by atoms with Crippen molar-refractivity contribution in [3.63, 3.8) is 0 Å². The quantitative estimate of drug-likeness (QED) is 0.214. The Hall–Kier alpha value is -4.21. The minimum atomic E-state index is -0.570. The third-order valence-electron chi connectivity index (χ3n) is 8.63. The molecule has 198 valence electrons. The summed E-state index contributed by atoms with van der Waals surface area (Å²) in [6, 6.07) is 42.8. The topological polar surface area (TPSA) is 15.3 Å². The predicted octanol–water partition coefficient (Wildman–Crippen LogP) is 8.68. The summed E-state index contributed by atoms with van der Waals surface area (Å²) in [5, 5.41) is 3.64. The lowest BCUT2D eigenvalue weighted by molar-refractivity contribution is 0.156. The first-order valence-electron chi connectivity index (χ1n) is 14.2. The van der Waals surface area contributed by atoms with E-state index in [0.29, 0.717) is 19.1 Å². The SMILES string of the molecule is Cc1c(NC2CC2)cccc1-c1cc(F)c2c(c1)CN(C(c1ccccc1)(c1ccccc1)c1ccccc1)C2. The van der Waals surface area contributed by atoms with E-state index >= 15 is 4.39 Å². The summed E-state index contributed by atoms with van der Waals surface area (Å²) < 4.78 is 16.0. The Morgan fingerprint density at radius 3 is 1.82 bits per heavy atom. The zero-order chi connectivity index (χ0) is 27.1. The highest BCUT2D eigenvalue weighted by Gasteiger charge is 2.45. The van der Waals surface area contributed by atoms with Crippen LogP contribution in [-0.2, 0) is 18.6 Å². The van der Waals surface area contributed by atoms with Crippen LogP contribution in [0.4, 0.5) is 10.1 Å². The largest absolute Gasteiger partial charge is 0.382 e.